The van der Waals surface area contributed by atoms with E-state index in [2.05, 4.69) is 34.6 Å². The summed E-state index contributed by atoms with van der Waals surface area (Å²) in [5.74, 6) is 0.969. The minimum atomic E-state index is -0.322. The fraction of sp³-hybridized carbons (Fsp3) is 0.389. The normalized spacial score (nSPS) is 17.4. The van der Waals surface area contributed by atoms with Crippen LogP contribution in [0.5, 0.6) is 0 Å². The molecule has 1 unspecified atom stereocenters. The molecule has 1 saturated carbocycles. The van der Waals surface area contributed by atoms with E-state index in [9.17, 15) is 9.59 Å². The highest BCUT2D eigenvalue weighted by atomic mass is 32.2. The first-order valence-electron chi connectivity index (χ1n) is 8.23. The molecule has 0 spiro atoms. The Morgan fingerprint density at radius 3 is 2.79 bits per heavy atom. The lowest BCUT2D eigenvalue weighted by Gasteiger charge is -2.19. The van der Waals surface area contributed by atoms with E-state index in [0.29, 0.717) is 17.6 Å². The van der Waals surface area contributed by atoms with E-state index in [1.165, 1.54) is 11.8 Å². The molecule has 1 aliphatic heterocycles. The molecule has 4 rings (SSSR count). The maximum Gasteiger partial charge on any atom is 0.267 e. The van der Waals surface area contributed by atoms with Gasteiger partial charge in [0.1, 0.15) is 5.56 Å². The van der Waals surface area contributed by atoms with E-state index >= 15 is 0 Å². The van der Waals surface area contributed by atoms with Gasteiger partial charge >= 0.3 is 0 Å². The fourth-order valence-electron chi connectivity index (χ4n) is 3.07. The van der Waals surface area contributed by atoms with Crippen LogP contribution in [0.2, 0.25) is 0 Å². The van der Waals surface area contributed by atoms with E-state index < -0.39 is 0 Å². The molecule has 1 atom stereocenters. The molecule has 2 aliphatic rings. The van der Waals surface area contributed by atoms with E-state index in [0.717, 1.165) is 24.2 Å². The highest BCUT2D eigenvalue weighted by Gasteiger charge is 2.34. The van der Waals surface area contributed by atoms with Crippen molar-refractivity contribution in [3.8, 4) is 0 Å². The molecule has 1 N–H and O–H groups in total. The number of rotatable bonds is 4. The molecule has 1 aliphatic carbocycles. The van der Waals surface area contributed by atoms with Crippen molar-refractivity contribution in [2.24, 2.45) is 5.92 Å². The van der Waals surface area contributed by atoms with Crippen LogP contribution in [0.25, 0.3) is 0 Å². The van der Waals surface area contributed by atoms with Gasteiger partial charge < -0.3 is 5.32 Å². The Morgan fingerprint density at radius 2 is 2.08 bits per heavy atom. The van der Waals surface area contributed by atoms with E-state index in [-0.39, 0.29) is 23.1 Å². The van der Waals surface area contributed by atoms with Gasteiger partial charge in [0, 0.05) is 18.5 Å². The Bertz CT molecular complexity index is 840. The molecule has 1 fully saturated rings. The second-order valence-corrected chi connectivity index (χ2v) is 7.52. The van der Waals surface area contributed by atoms with Gasteiger partial charge in [-0.2, -0.15) is 0 Å². The van der Waals surface area contributed by atoms with Crippen molar-refractivity contribution in [1.29, 1.82) is 0 Å². The molecule has 2 heterocycles. The maximum atomic E-state index is 12.7. The van der Waals surface area contributed by atoms with Crippen LogP contribution < -0.4 is 10.9 Å². The number of nitrogens with zero attached hydrogens (tertiary/aromatic N) is 2. The van der Waals surface area contributed by atoms with E-state index in [4.69, 9.17) is 0 Å². The van der Waals surface area contributed by atoms with Crippen LogP contribution in [0, 0.1) is 12.8 Å². The molecule has 0 bridgehead atoms. The number of hydrogen-bond acceptors (Lipinski definition) is 4. The van der Waals surface area contributed by atoms with Gasteiger partial charge in [0.25, 0.3) is 11.5 Å². The second-order valence-electron chi connectivity index (χ2n) is 6.46. The Hall–Kier alpha value is -2.08. The number of nitrogens with one attached hydrogen (secondary N) is 1. The lowest BCUT2D eigenvalue weighted by molar-refractivity contribution is 0.0928. The third-order valence-corrected chi connectivity index (χ3v) is 5.59. The monoisotopic (exact) mass is 341 g/mol. The molecule has 0 saturated heterocycles. The summed E-state index contributed by atoms with van der Waals surface area (Å²) in [6.07, 6.45) is 3.63. The van der Waals surface area contributed by atoms with Crippen molar-refractivity contribution >= 4 is 17.7 Å². The molecule has 0 radical (unpaired) electrons. The number of benzene rings is 1. The zero-order valence-electron chi connectivity index (χ0n) is 13.5. The SMILES string of the molecule is Cc1ccc(C(NC(=O)c2cnc3n(c2=O)CCS3)C2CC2)cc1. The Labute approximate surface area is 144 Å². The summed E-state index contributed by atoms with van der Waals surface area (Å²) in [6.45, 7) is 2.67. The van der Waals surface area contributed by atoms with Gasteiger partial charge in [-0.1, -0.05) is 41.6 Å². The predicted molar refractivity (Wildman–Crippen MR) is 93.3 cm³/mol. The van der Waals surface area contributed by atoms with Crippen LogP contribution in [-0.4, -0.2) is 21.2 Å². The van der Waals surface area contributed by atoms with Crippen molar-refractivity contribution in [1.82, 2.24) is 14.9 Å². The molecule has 124 valence electrons. The number of carbonyl (C=O) groups excluding carboxylic acids is 1. The molecule has 5 nitrogen and oxygen atoms in total. The first-order chi connectivity index (χ1) is 11.6. The summed E-state index contributed by atoms with van der Waals surface area (Å²) < 4.78 is 1.59. The van der Waals surface area contributed by atoms with Crippen LogP contribution in [0.15, 0.2) is 40.4 Å². The van der Waals surface area contributed by atoms with Crippen molar-refractivity contribution in [3.05, 3.63) is 57.5 Å². The smallest absolute Gasteiger partial charge is 0.267 e. The number of aryl methyl sites for hydroxylation is 1. The van der Waals surface area contributed by atoms with Crippen molar-refractivity contribution in [3.63, 3.8) is 0 Å². The maximum absolute atomic E-state index is 12.7. The molecule has 1 aromatic heterocycles. The summed E-state index contributed by atoms with van der Waals surface area (Å²) in [6, 6.07) is 8.19. The molecule has 1 amide bonds. The quantitative estimate of drug-likeness (QED) is 0.868. The number of amides is 1. The van der Waals surface area contributed by atoms with E-state index in [1.807, 2.05) is 6.92 Å². The summed E-state index contributed by atoms with van der Waals surface area (Å²) in [4.78, 5) is 29.4. The van der Waals surface area contributed by atoms with Gasteiger partial charge in [0.2, 0.25) is 0 Å². The highest BCUT2D eigenvalue weighted by Crippen LogP contribution is 2.41. The lowest BCUT2D eigenvalue weighted by Crippen LogP contribution is -2.36. The van der Waals surface area contributed by atoms with Gasteiger partial charge in [-0.25, -0.2) is 4.98 Å². The average molecular weight is 341 g/mol. The number of aromatic nitrogens is 2. The minimum Gasteiger partial charge on any atom is -0.345 e. The van der Waals surface area contributed by atoms with Crippen LogP contribution in [0.4, 0.5) is 0 Å². The number of thioether (sulfide) groups is 1. The lowest BCUT2D eigenvalue weighted by atomic mass is 10.0. The molecule has 24 heavy (non-hydrogen) atoms. The van der Waals surface area contributed by atoms with Gasteiger partial charge in [0.15, 0.2) is 5.16 Å². The zero-order valence-corrected chi connectivity index (χ0v) is 14.3. The zero-order chi connectivity index (χ0) is 16.7. The van der Waals surface area contributed by atoms with Crippen LogP contribution >= 0.6 is 11.8 Å². The Morgan fingerprint density at radius 1 is 1.33 bits per heavy atom. The molecule has 2 aromatic rings. The minimum absolute atomic E-state index is 0.0369. The Kier molecular flexibility index (Phi) is 3.92. The van der Waals surface area contributed by atoms with E-state index in [1.54, 1.807) is 16.3 Å². The average Bonchev–Trinajstić information content (AvgIpc) is 3.30. The molecular formula is C18H19N3O2S. The summed E-state index contributed by atoms with van der Waals surface area (Å²) >= 11 is 1.55. The standard InChI is InChI=1S/C18H19N3O2S/c1-11-2-4-12(5-3-11)15(13-6-7-13)20-16(22)14-10-19-18-21(17(14)23)8-9-24-18/h2-5,10,13,15H,6-9H2,1H3,(H,20,22). The van der Waals surface area contributed by atoms with Crippen LogP contribution in [0.1, 0.15) is 40.4 Å². The van der Waals surface area contributed by atoms with Crippen molar-refractivity contribution in [2.45, 2.75) is 37.5 Å². The van der Waals surface area contributed by atoms with Crippen LogP contribution in [-0.2, 0) is 6.54 Å². The molecular weight excluding hydrogens is 322 g/mol. The second kappa shape index (κ2) is 6.09. The first kappa shape index (κ1) is 15.4. The first-order valence-corrected chi connectivity index (χ1v) is 9.22. The van der Waals surface area contributed by atoms with Gasteiger partial charge in [-0.3, -0.25) is 14.2 Å². The topological polar surface area (TPSA) is 64.0 Å². The predicted octanol–water partition coefficient (Wildman–Crippen LogP) is 2.54. The van der Waals surface area contributed by atoms with Crippen molar-refractivity contribution < 1.29 is 4.79 Å². The Balaban J connectivity index is 1.60. The largest absolute Gasteiger partial charge is 0.345 e. The number of fused-ring (bicyclic) bond motifs is 1. The molecule has 1 aromatic carbocycles. The summed E-state index contributed by atoms with van der Waals surface area (Å²) in [5, 5.41) is 3.77. The molecule has 6 heteroatoms. The summed E-state index contributed by atoms with van der Waals surface area (Å²) in [7, 11) is 0. The van der Waals surface area contributed by atoms with Gasteiger partial charge in [-0.05, 0) is 31.2 Å². The van der Waals surface area contributed by atoms with Crippen LogP contribution in [0.3, 0.4) is 0 Å². The number of hydrogen-bond donors (Lipinski definition) is 1. The number of carbonyl (C=O) groups is 1. The summed E-state index contributed by atoms with van der Waals surface area (Å²) in [5.41, 5.74) is 2.19. The third kappa shape index (κ3) is 2.86. The third-order valence-electron chi connectivity index (χ3n) is 4.62. The van der Waals surface area contributed by atoms with Crippen molar-refractivity contribution in [2.75, 3.05) is 5.75 Å². The highest BCUT2D eigenvalue weighted by molar-refractivity contribution is 7.99. The fourth-order valence-corrected chi connectivity index (χ4v) is 3.98. The van der Waals surface area contributed by atoms with Gasteiger partial charge in [0.05, 0.1) is 6.04 Å². The van der Waals surface area contributed by atoms with Gasteiger partial charge in [-0.15, -0.1) is 0 Å².